The molecule has 5 heterocycles. The van der Waals surface area contributed by atoms with Crippen LogP contribution in [0.2, 0.25) is 5.02 Å². The van der Waals surface area contributed by atoms with Gasteiger partial charge in [-0.25, -0.2) is 4.79 Å². The number of urea groups is 1. The highest BCUT2D eigenvalue weighted by molar-refractivity contribution is 6.31. The van der Waals surface area contributed by atoms with Crippen molar-refractivity contribution in [3.8, 4) is 17.7 Å². The van der Waals surface area contributed by atoms with E-state index in [4.69, 9.17) is 26.3 Å². The van der Waals surface area contributed by atoms with E-state index in [-0.39, 0.29) is 54.1 Å². The number of hydrogen-bond donors (Lipinski definition) is 2. The average Bonchev–Trinajstić information content (AvgIpc) is 3.62. The lowest BCUT2D eigenvalue weighted by molar-refractivity contribution is -0.141. The van der Waals surface area contributed by atoms with E-state index in [0.29, 0.717) is 48.4 Å². The minimum absolute atomic E-state index is 0.000897. The number of fused-ring (bicyclic) bond motifs is 1. The van der Waals surface area contributed by atoms with Crippen molar-refractivity contribution in [2.45, 2.75) is 69.2 Å². The van der Waals surface area contributed by atoms with E-state index in [9.17, 15) is 19.2 Å². The van der Waals surface area contributed by atoms with Gasteiger partial charge in [0, 0.05) is 61.9 Å². The zero-order valence-electron chi connectivity index (χ0n) is 30.7. The first-order valence-corrected chi connectivity index (χ1v) is 19.5. The summed E-state index contributed by atoms with van der Waals surface area (Å²) in [6, 6.07) is 18.1. The summed E-state index contributed by atoms with van der Waals surface area (Å²) in [7, 11) is 0. The Morgan fingerprint density at radius 1 is 0.929 bits per heavy atom. The third-order valence-electron chi connectivity index (χ3n) is 11.1. The molecule has 56 heavy (non-hydrogen) atoms. The molecule has 4 aromatic rings. The fourth-order valence-corrected chi connectivity index (χ4v) is 8.21. The van der Waals surface area contributed by atoms with E-state index in [2.05, 4.69) is 42.6 Å². The molecule has 0 spiro atoms. The normalized spacial score (nSPS) is 20.9. The molecule has 290 valence electrons. The molecule has 2 aromatic carbocycles. The molecule has 16 heteroatoms. The van der Waals surface area contributed by atoms with Gasteiger partial charge >= 0.3 is 6.03 Å². The van der Waals surface area contributed by atoms with Crippen molar-refractivity contribution in [3.63, 3.8) is 0 Å². The number of amides is 5. The van der Waals surface area contributed by atoms with Gasteiger partial charge in [-0.05, 0) is 74.9 Å². The van der Waals surface area contributed by atoms with Crippen LogP contribution in [0, 0.1) is 11.3 Å². The van der Waals surface area contributed by atoms with Gasteiger partial charge in [0.1, 0.15) is 17.9 Å². The summed E-state index contributed by atoms with van der Waals surface area (Å²) >= 11 is 6.13. The molecule has 8 rings (SSSR count). The lowest BCUT2D eigenvalue weighted by Gasteiger charge is -2.40. The van der Waals surface area contributed by atoms with E-state index in [0.717, 1.165) is 68.2 Å². The highest BCUT2D eigenvalue weighted by Crippen LogP contribution is 2.34. The van der Waals surface area contributed by atoms with Crippen molar-refractivity contribution in [2.75, 3.05) is 44.2 Å². The number of rotatable bonds is 10. The number of imide groups is 1. The van der Waals surface area contributed by atoms with Gasteiger partial charge in [-0.2, -0.15) is 5.26 Å². The smallest absolute Gasteiger partial charge is 0.328 e. The Morgan fingerprint density at radius 3 is 2.45 bits per heavy atom. The number of nitriles is 1. The lowest BCUT2D eigenvalue weighted by atomic mass is 9.93. The van der Waals surface area contributed by atoms with Gasteiger partial charge in [0.15, 0.2) is 5.69 Å². The number of benzene rings is 2. The third-order valence-corrected chi connectivity index (χ3v) is 11.4. The van der Waals surface area contributed by atoms with Crippen molar-refractivity contribution in [1.29, 1.82) is 5.26 Å². The molecule has 15 nitrogen and oxygen atoms in total. The molecule has 1 saturated carbocycles. The first-order chi connectivity index (χ1) is 27.2. The quantitative estimate of drug-likeness (QED) is 0.234. The van der Waals surface area contributed by atoms with Crippen molar-refractivity contribution in [1.82, 2.24) is 35.2 Å². The number of aromatic nitrogens is 3. The number of carbonyl (C=O) groups is 4. The molecule has 0 unspecified atom stereocenters. The summed E-state index contributed by atoms with van der Waals surface area (Å²) in [4.78, 5) is 55.8. The highest BCUT2D eigenvalue weighted by Gasteiger charge is 2.34. The fraction of sp³-hybridized carbons (Fsp3) is 0.425. The maximum Gasteiger partial charge on any atom is 0.328 e. The monoisotopic (exact) mass is 779 g/mol. The van der Waals surface area contributed by atoms with E-state index in [1.165, 1.54) is 0 Å². The topological polar surface area (TPSA) is 175 Å². The van der Waals surface area contributed by atoms with E-state index in [1.54, 1.807) is 40.1 Å². The molecule has 3 aliphatic heterocycles. The Bertz CT molecular complexity index is 2170. The lowest BCUT2D eigenvalue weighted by Crippen LogP contribution is -2.58. The number of carbonyl (C=O) groups excluding carboxylic acids is 4. The van der Waals surface area contributed by atoms with E-state index in [1.807, 2.05) is 24.3 Å². The molecule has 3 saturated heterocycles. The third kappa shape index (κ3) is 8.12. The molecule has 4 fully saturated rings. The average molecular weight is 780 g/mol. The number of nitrogens with one attached hydrogen (secondary N) is 2. The SMILES string of the molecule is N#Cc1ccc(OC2CCC(NC(=O)c3ccc(OC4CN(C(=O)CN5CCC(n6ccc7c(N8CCC(=O)NC8=O)cccc76)CC5)C4)nn3)CC2)cc1Cl. The Morgan fingerprint density at radius 2 is 1.73 bits per heavy atom. The molecule has 5 amide bonds. The minimum Gasteiger partial charge on any atom is -0.490 e. The fourth-order valence-electron chi connectivity index (χ4n) is 7.99. The molecule has 0 bridgehead atoms. The maximum atomic E-state index is 13.1. The number of halogens is 1. The molecule has 2 aromatic heterocycles. The highest BCUT2D eigenvalue weighted by atomic mass is 35.5. The van der Waals surface area contributed by atoms with Crippen LogP contribution < -0.4 is 25.0 Å². The minimum atomic E-state index is -0.393. The van der Waals surface area contributed by atoms with Crippen LogP contribution >= 0.6 is 11.6 Å². The summed E-state index contributed by atoms with van der Waals surface area (Å²) in [5.74, 6) is 0.447. The number of piperidine rings is 1. The second-order valence-electron chi connectivity index (χ2n) is 14.8. The summed E-state index contributed by atoms with van der Waals surface area (Å²) in [6.07, 6.45) is 6.98. The second kappa shape index (κ2) is 16.2. The van der Waals surface area contributed by atoms with E-state index >= 15 is 0 Å². The molecule has 4 aliphatic rings. The van der Waals surface area contributed by atoms with Crippen LogP contribution in [0.25, 0.3) is 10.9 Å². The number of hydrogen-bond acceptors (Lipinski definition) is 10. The molecule has 0 atom stereocenters. The number of nitrogens with zero attached hydrogens (tertiary/aromatic N) is 7. The van der Waals surface area contributed by atoms with Crippen LogP contribution in [0.4, 0.5) is 10.5 Å². The summed E-state index contributed by atoms with van der Waals surface area (Å²) in [6.45, 7) is 3.22. The summed E-state index contributed by atoms with van der Waals surface area (Å²) in [5, 5.41) is 24.1. The predicted octanol–water partition coefficient (Wildman–Crippen LogP) is 4.45. The first kappa shape index (κ1) is 37.2. The number of anilines is 1. The summed E-state index contributed by atoms with van der Waals surface area (Å²) < 4.78 is 14.3. The molecular formula is C40H42ClN9O6. The number of likely N-dealkylation sites (tertiary alicyclic amines) is 2. The van der Waals surface area contributed by atoms with Crippen molar-refractivity contribution < 1.29 is 28.7 Å². The largest absolute Gasteiger partial charge is 0.490 e. The van der Waals surface area contributed by atoms with Gasteiger partial charge in [-0.1, -0.05) is 17.7 Å². The van der Waals surface area contributed by atoms with Gasteiger partial charge in [0.25, 0.3) is 5.91 Å². The maximum absolute atomic E-state index is 13.1. The van der Waals surface area contributed by atoms with Gasteiger partial charge in [0.05, 0.1) is 47.5 Å². The van der Waals surface area contributed by atoms with Crippen LogP contribution in [0.1, 0.15) is 67.0 Å². The van der Waals surface area contributed by atoms with Gasteiger partial charge in [0.2, 0.25) is 17.7 Å². The predicted molar refractivity (Wildman–Crippen MR) is 205 cm³/mol. The Hall–Kier alpha value is -5.72. The standard InChI is InChI=1S/C40H42ClN9O6/c41-32-20-29(7-4-25(32)21-42)55-28-8-5-26(6-9-28)43-39(53)33-10-11-37(46-45-33)56-30-22-48(23-30)38(52)24-47-16-12-27(13-17-47)49-18-14-31-34(49)2-1-3-35(31)50-19-15-36(51)44-40(50)54/h1-4,7,10-11,14,18,20,26-28,30H,5-6,8-9,12-13,15-17,19,22-24H2,(H,43,53)(H,44,51,54). The molecule has 2 N–H and O–H groups in total. The Balaban J connectivity index is 0.741. The van der Waals surface area contributed by atoms with Crippen LogP contribution in [-0.2, 0) is 9.59 Å². The van der Waals surface area contributed by atoms with Crippen LogP contribution in [0.3, 0.4) is 0 Å². The molecular weight excluding hydrogens is 738 g/mol. The zero-order chi connectivity index (χ0) is 38.8. The Labute approximate surface area is 328 Å². The number of ether oxygens (including phenoxy) is 2. The Kier molecular flexibility index (Phi) is 10.7. The molecule has 1 aliphatic carbocycles. The first-order valence-electron chi connectivity index (χ1n) is 19.1. The van der Waals surface area contributed by atoms with Gasteiger partial charge in [-0.15, -0.1) is 10.2 Å². The zero-order valence-corrected chi connectivity index (χ0v) is 31.5. The van der Waals surface area contributed by atoms with Crippen molar-refractivity contribution in [3.05, 3.63) is 77.1 Å². The van der Waals surface area contributed by atoms with Crippen LogP contribution in [-0.4, -0.2) is 106 Å². The van der Waals surface area contributed by atoms with Crippen LogP contribution in [0.5, 0.6) is 11.6 Å². The van der Waals surface area contributed by atoms with E-state index < -0.39 is 6.03 Å². The molecule has 0 radical (unpaired) electrons. The second-order valence-corrected chi connectivity index (χ2v) is 15.2. The van der Waals surface area contributed by atoms with Gasteiger partial charge in [-0.3, -0.25) is 29.5 Å². The van der Waals surface area contributed by atoms with Gasteiger partial charge < -0.3 is 24.3 Å². The van der Waals surface area contributed by atoms with Crippen molar-refractivity contribution in [2.24, 2.45) is 0 Å². The van der Waals surface area contributed by atoms with Crippen LogP contribution in [0.15, 0.2) is 60.8 Å². The van der Waals surface area contributed by atoms with Crippen molar-refractivity contribution >= 4 is 51.9 Å². The summed E-state index contributed by atoms with van der Waals surface area (Å²) in [5.41, 5.74) is 2.45.